The van der Waals surface area contributed by atoms with E-state index in [1.54, 1.807) is 0 Å². The second-order valence-corrected chi connectivity index (χ2v) is 6.26. The van der Waals surface area contributed by atoms with Crippen LogP contribution in [0.5, 0.6) is 0 Å². The average molecular weight is 293 g/mol. The fourth-order valence-electron chi connectivity index (χ4n) is 2.80. The Morgan fingerprint density at radius 2 is 1.95 bits per heavy atom. The average Bonchev–Trinajstić information content (AvgIpc) is 2.47. The first-order chi connectivity index (χ1) is 9.99. The van der Waals surface area contributed by atoms with E-state index >= 15 is 0 Å². The van der Waals surface area contributed by atoms with Crippen molar-refractivity contribution in [2.75, 3.05) is 41.4 Å². The second kappa shape index (κ2) is 6.43. The summed E-state index contributed by atoms with van der Waals surface area (Å²) in [4.78, 5) is 17.8. The van der Waals surface area contributed by atoms with Crippen molar-refractivity contribution in [2.45, 2.75) is 40.5 Å². The highest BCUT2D eigenvalue weighted by atomic mass is 15.4. The number of anilines is 3. The van der Waals surface area contributed by atoms with Crippen LogP contribution in [-0.4, -0.2) is 41.1 Å². The molecular weight excluding hydrogens is 266 g/mol. The van der Waals surface area contributed by atoms with Crippen LogP contribution >= 0.6 is 0 Å². The Hall–Kier alpha value is -1.63. The number of nitrogen functional groups attached to an aromatic ring is 1. The number of hydrogen-bond donors (Lipinski definition) is 2. The monoisotopic (exact) mass is 293 g/mol. The summed E-state index contributed by atoms with van der Waals surface area (Å²) in [7, 11) is 0. The molecule has 3 N–H and O–H groups in total. The highest BCUT2D eigenvalue weighted by molar-refractivity contribution is 5.45. The van der Waals surface area contributed by atoms with Gasteiger partial charge in [-0.3, -0.25) is 5.43 Å². The molecule has 0 unspecified atom stereocenters. The van der Waals surface area contributed by atoms with Crippen LogP contribution in [0.2, 0.25) is 0 Å². The molecule has 0 saturated carbocycles. The molecule has 118 valence electrons. The summed E-state index contributed by atoms with van der Waals surface area (Å²) >= 11 is 0. The van der Waals surface area contributed by atoms with Crippen LogP contribution in [0.4, 0.5) is 17.8 Å². The largest absolute Gasteiger partial charge is 0.341 e. The Morgan fingerprint density at radius 3 is 2.52 bits per heavy atom. The first-order valence-corrected chi connectivity index (χ1v) is 7.71. The van der Waals surface area contributed by atoms with Gasteiger partial charge in [-0.05, 0) is 32.1 Å². The number of hydrogen-bond acceptors (Lipinski definition) is 7. The van der Waals surface area contributed by atoms with E-state index in [2.05, 4.69) is 57.9 Å². The van der Waals surface area contributed by atoms with Crippen molar-refractivity contribution in [1.29, 1.82) is 0 Å². The van der Waals surface area contributed by atoms with Gasteiger partial charge in [-0.1, -0.05) is 13.8 Å². The minimum atomic E-state index is 0.288. The van der Waals surface area contributed by atoms with Crippen LogP contribution < -0.4 is 21.1 Å². The maximum atomic E-state index is 5.51. The van der Waals surface area contributed by atoms with Crippen molar-refractivity contribution in [3.05, 3.63) is 0 Å². The third-order valence-corrected chi connectivity index (χ3v) is 3.97. The Bertz CT molecular complexity index is 470. The van der Waals surface area contributed by atoms with Crippen molar-refractivity contribution in [2.24, 2.45) is 11.3 Å². The van der Waals surface area contributed by atoms with Gasteiger partial charge in [-0.15, -0.1) is 0 Å². The number of hydrazine groups is 1. The smallest absolute Gasteiger partial charge is 0.243 e. The quantitative estimate of drug-likeness (QED) is 0.630. The lowest BCUT2D eigenvalue weighted by atomic mass is 9.84. The highest BCUT2D eigenvalue weighted by Gasteiger charge is 2.28. The fourth-order valence-corrected chi connectivity index (χ4v) is 2.80. The lowest BCUT2D eigenvalue weighted by Gasteiger charge is -2.38. The maximum absolute atomic E-state index is 5.51. The van der Waals surface area contributed by atoms with E-state index in [9.17, 15) is 0 Å². The molecule has 0 atom stereocenters. The Kier molecular flexibility index (Phi) is 4.82. The molecule has 2 rings (SSSR count). The Labute approximate surface area is 126 Å². The van der Waals surface area contributed by atoms with Gasteiger partial charge in [-0.25, -0.2) is 5.84 Å². The molecule has 0 aliphatic carbocycles. The van der Waals surface area contributed by atoms with Gasteiger partial charge in [-0.2, -0.15) is 15.0 Å². The predicted molar refractivity (Wildman–Crippen MR) is 86.4 cm³/mol. The highest BCUT2D eigenvalue weighted by Crippen LogP contribution is 2.30. The molecule has 21 heavy (non-hydrogen) atoms. The van der Waals surface area contributed by atoms with E-state index in [4.69, 9.17) is 5.84 Å². The van der Waals surface area contributed by atoms with Gasteiger partial charge in [0.05, 0.1) is 0 Å². The van der Waals surface area contributed by atoms with E-state index in [1.807, 2.05) is 0 Å². The molecule has 2 heterocycles. The Morgan fingerprint density at radius 1 is 1.24 bits per heavy atom. The van der Waals surface area contributed by atoms with Crippen molar-refractivity contribution < 1.29 is 0 Å². The van der Waals surface area contributed by atoms with Crippen molar-refractivity contribution in [1.82, 2.24) is 15.0 Å². The minimum absolute atomic E-state index is 0.288. The first-order valence-electron chi connectivity index (χ1n) is 7.71. The lowest BCUT2D eigenvalue weighted by molar-refractivity contribution is 0.291. The van der Waals surface area contributed by atoms with Gasteiger partial charge in [0.1, 0.15) is 0 Å². The third-order valence-electron chi connectivity index (χ3n) is 3.97. The fraction of sp³-hybridized carbons (Fsp3) is 0.786. The first kappa shape index (κ1) is 15.8. The molecule has 0 amide bonds. The van der Waals surface area contributed by atoms with E-state index in [1.165, 1.54) is 6.42 Å². The third kappa shape index (κ3) is 3.72. The number of nitrogens with two attached hydrogens (primary N) is 1. The number of piperidine rings is 1. The topological polar surface area (TPSA) is 83.2 Å². The molecule has 1 aromatic heterocycles. The zero-order valence-electron chi connectivity index (χ0n) is 13.6. The minimum Gasteiger partial charge on any atom is -0.341 e. The number of rotatable bonds is 5. The summed E-state index contributed by atoms with van der Waals surface area (Å²) in [6.45, 7) is 12.4. The summed E-state index contributed by atoms with van der Waals surface area (Å²) < 4.78 is 0. The van der Waals surface area contributed by atoms with E-state index in [-0.39, 0.29) is 5.41 Å². The van der Waals surface area contributed by atoms with Gasteiger partial charge in [0.15, 0.2) is 0 Å². The predicted octanol–water partition coefficient (Wildman–Crippen LogP) is 1.63. The summed E-state index contributed by atoms with van der Waals surface area (Å²) in [5, 5.41) is 0. The number of aromatic nitrogens is 3. The van der Waals surface area contributed by atoms with E-state index in [0.717, 1.165) is 32.6 Å². The molecular formula is C14H27N7. The van der Waals surface area contributed by atoms with E-state index < -0.39 is 0 Å². The number of nitrogens with one attached hydrogen (secondary N) is 1. The van der Waals surface area contributed by atoms with Gasteiger partial charge in [0.2, 0.25) is 17.8 Å². The van der Waals surface area contributed by atoms with Gasteiger partial charge >= 0.3 is 0 Å². The van der Waals surface area contributed by atoms with Gasteiger partial charge in [0, 0.05) is 26.2 Å². The van der Waals surface area contributed by atoms with Crippen LogP contribution in [0.1, 0.15) is 40.5 Å². The molecule has 0 radical (unpaired) electrons. The number of nitrogens with zero attached hydrogens (tertiary/aromatic N) is 5. The van der Waals surface area contributed by atoms with Crippen molar-refractivity contribution in [3.8, 4) is 0 Å². The molecule has 7 heteroatoms. The van der Waals surface area contributed by atoms with Crippen molar-refractivity contribution in [3.63, 3.8) is 0 Å². The van der Waals surface area contributed by atoms with Gasteiger partial charge in [0.25, 0.3) is 0 Å². The summed E-state index contributed by atoms with van der Waals surface area (Å²) in [5.41, 5.74) is 2.84. The molecule has 1 aliphatic heterocycles. The molecule has 7 nitrogen and oxygen atoms in total. The normalized spacial score (nSPS) is 17.7. The molecule has 1 aliphatic rings. The Balaban J connectivity index is 2.32. The lowest BCUT2D eigenvalue weighted by Crippen LogP contribution is -2.41. The van der Waals surface area contributed by atoms with Crippen LogP contribution in [0, 0.1) is 5.41 Å². The second-order valence-electron chi connectivity index (χ2n) is 6.26. The molecule has 1 aromatic rings. The van der Waals surface area contributed by atoms with Crippen LogP contribution in [0.15, 0.2) is 0 Å². The zero-order chi connectivity index (χ0) is 15.5. The standard InChI is InChI=1S/C14H27N7/c1-5-20(6-2)12-16-11(19-15)17-13(18-12)21-9-7-8-14(3,4)10-21/h5-10,15H2,1-4H3,(H,16,17,18,19). The van der Waals surface area contributed by atoms with Crippen molar-refractivity contribution >= 4 is 17.8 Å². The van der Waals surface area contributed by atoms with Crippen LogP contribution in [0.25, 0.3) is 0 Å². The molecule has 0 aromatic carbocycles. The summed E-state index contributed by atoms with van der Waals surface area (Å²) in [6.07, 6.45) is 2.39. The zero-order valence-corrected chi connectivity index (χ0v) is 13.6. The summed E-state index contributed by atoms with van der Waals surface area (Å²) in [5.74, 6) is 7.33. The van der Waals surface area contributed by atoms with Crippen LogP contribution in [-0.2, 0) is 0 Å². The molecule has 1 saturated heterocycles. The molecule has 0 spiro atoms. The van der Waals surface area contributed by atoms with Gasteiger partial charge < -0.3 is 9.80 Å². The van der Waals surface area contributed by atoms with E-state index in [0.29, 0.717) is 17.8 Å². The maximum Gasteiger partial charge on any atom is 0.243 e. The summed E-state index contributed by atoms with van der Waals surface area (Å²) in [6, 6.07) is 0. The van der Waals surface area contributed by atoms with Crippen LogP contribution in [0.3, 0.4) is 0 Å². The SMILES string of the molecule is CCN(CC)c1nc(NN)nc(N2CCCC(C)(C)C2)n1. The molecule has 1 fully saturated rings. The molecule has 0 bridgehead atoms.